The molecule has 0 aliphatic carbocycles. The van der Waals surface area contributed by atoms with Crippen molar-refractivity contribution < 1.29 is 54.7 Å². The summed E-state index contributed by atoms with van der Waals surface area (Å²) in [4.78, 5) is 13.2. The van der Waals surface area contributed by atoms with E-state index in [2.05, 4.69) is 0 Å². The normalized spacial score (nSPS) is 25.7. The molecule has 4 rings (SSSR count). The van der Waals surface area contributed by atoms with Gasteiger partial charge in [-0.1, -0.05) is 0 Å². The summed E-state index contributed by atoms with van der Waals surface area (Å²) in [6.07, 6.45) is -9.45. The minimum atomic E-state index is -1.96. The second-order valence-electron chi connectivity index (χ2n) is 7.12. The third kappa shape index (κ3) is 3.55. The smallest absolute Gasteiger partial charge is 0.239 e. The zero-order valence-corrected chi connectivity index (χ0v) is 16.0. The van der Waals surface area contributed by atoms with Crippen molar-refractivity contribution in [3.8, 4) is 40.1 Å². The molecule has 0 radical (unpaired) electrons. The molecule has 170 valence electrons. The van der Waals surface area contributed by atoms with Gasteiger partial charge in [0.2, 0.25) is 17.5 Å². The fourth-order valence-corrected chi connectivity index (χ4v) is 3.27. The zero-order valence-electron chi connectivity index (χ0n) is 16.0. The van der Waals surface area contributed by atoms with Gasteiger partial charge in [0.1, 0.15) is 40.8 Å². The maximum atomic E-state index is 13.2. The first-order valence-electron chi connectivity index (χ1n) is 9.18. The summed E-state index contributed by atoms with van der Waals surface area (Å²) < 4.78 is 16.0. The zero-order chi connectivity index (χ0) is 23.3. The molecule has 12 heteroatoms. The van der Waals surface area contributed by atoms with Gasteiger partial charge < -0.3 is 54.7 Å². The maximum Gasteiger partial charge on any atom is 0.239 e. The first kappa shape index (κ1) is 21.7. The van der Waals surface area contributed by atoms with Gasteiger partial charge in [-0.05, 0) is 18.2 Å². The lowest BCUT2D eigenvalue weighted by molar-refractivity contribution is -0.321. The Morgan fingerprint density at radius 2 is 1.53 bits per heavy atom. The van der Waals surface area contributed by atoms with Gasteiger partial charge in [0.05, 0.1) is 0 Å². The second kappa shape index (κ2) is 7.85. The van der Waals surface area contributed by atoms with E-state index >= 15 is 0 Å². The van der Waals surface area contributed by atoms with E-state index in [1.807, 2.05) is 0 Å². The van der Waals surface area contributed by atoms with Crippen LogP contribution < -0.4 is 10.2 Å². The van der Waals surface area contributed by atoms with Crippen molar-refractivity contribution in [2.24, 2.45) is 0 Å². The molecule has 32 heavy (non-hydrogen) atoms. The first-order chi connectivity index (χ1) is 15.1. The lowest BCUT2D eigenvalue weighted by Crippen LogP contribution is -2.59. The van der Waals surface area contributed by atoms with E-state index < -0.39 is 70.5 Å². The Kier molecular flexibility index (Phi) is 5.32. The third-order valence-corrected chi connectivity index (χ3v) is 4.93. The molecule has 3 aromatic rings. The highest BCUT2D eigenvalue weighted by atomic mass is 16.7. The molecule has 0 bridgehead atoms. The van der Waals surface area contributed by atoms with E-state index in [0.717, 1.165) is 24.3 Å². The largest absolute Gasteiger partial charge is 0.508 e. The Morgan fingerprint density at radius 1 is 0.812 bits per heavy atom. The van der Waals surface area contributed by atoms with Gasteiger partial charge in [0.15, 0.2) is 23.5 Å². The number of fused-ring (bicyclic) bond motifs is 1. The van der Waals surface area contributed by atoms with Crippen molar-refractivity contribution in [1.29, 1.82) is 0 Å². The Morgan fingerprint density at radius 3 is 2.22 bits per heavy atom. The Balaban J connectivity index is 1.92. The molecule has 5 atom stereocenters. The van der Waals surface area contributed by atoms with Gasteiger partial charge in [-0.25, -0.2) is 0 Å². The standard InChI is InChI=1S/C20H18O12/c21-7-4-10(24)12-11(5-7)30-17(6-1-2-8(22)9(23)3-6)18(13(12)25)31-20-16(28)14(26)15(27)19(29)32-20/h1-5,14-16,19-24,26-29H/t14-,15-,16+,19-,20-/m0/s1. The summed E-state index contributed by atoms with van der Waals surface area (Å²) in [5, 5.41) is 78.3. The fraction of sp³-hybridized carbons (Fsp3) is 0.250. The molecule has 1 fully saturated rings. The molecule has 0 amide bonds. The van der Waals surface area contributed by atoms with Crippen molar-refractivity contribution in [2.75, 3.05) is 0 Å². The van der Waals surface area contributed by atoms with E-state index in [1.54, 1.807) is 0 Å². The number of aliphatic hydroxyl groups excluding tert-OH is 4. The van der Waals surface area contributed by atoms with E-state index in [0.29, 0.717) is 0 Å². The molecule has 2 heterocycles. The Bertz CT molecular complexity index is 1240. The number of rotatable bonds is 3. The van der Waals surface area contributed by atoms with Crippen molar-refractivity contribution in [2.45, 2.75) is 30.9 Å². The number of benzene rings is 2. The van der Waals surface area contributed by atoms with E-state index in [1.165, 1.54) is 6.07 Å². The van der Waals surface area contributed by atoms with Crippen LogP contribution in [0.25, 0.3) is 22.3 Å². The van der Waals surface area contributed by atoms with Crippen molar-refractivity contribution in [1.82, 2.24) is 0 Å². The summed E-state index contributed by atoms with van der Waals surface area (Å²) >= 11 is 0. The molecule has 12 nitrogen and oxygen atoms in total. The quantitative estimate of drug-likeness (QED) is 0.236. The number of aromatic hydroxyl groups is 4. The molecule has 0 unspecified atom stereocenters. The van der Waals surface area contributed by atoms with E-state index in [4.69, 9.17) is 13.9 Å². The van der Waals surface area contributed by atoms with Crippen molar-refractivity contribution >= 4 is 11.0 Å². The van der Waals surface area contributed by atoms with Crippen LogP contribution in [0.3, 0.4) is 0 Å². The molecule has 1 aliphatic heterocycles. The van der Waals surface area contributed by atoms with Crippen LogP contribution in [0.4, 0.5) is 0 Å². The van der Waals surface area contributed by atoms with Gasteiger partial charge in [0, 0.05) is 17.7 Å². The predicted octanol–water partition coefficient (Wildman–Crippen LogP) is -0.581. The predicted molar refractivity (Wildman–Crippen MR) is 104 cm³/mol. The van der Waals surface area contributed by atoms with Crippen LogP contribution >= 0.6 is 0 Å². The van der Waals surface area contributed by atoms with Crippen LogP contribution in [-0.2, 0) is 4.74 Å². The lowest BCUT2D eigenvalue weighted by atomic mass is 10.0. The van der Waals surface area contributed by atoms with Gasteiger partial charge in [0.25, 0.3) is 0 Å². The van der Waals surface area contributed by atoms with Gasteiger partial charge in [-0.3, -0.25) is 4.79 Å². The van der Waals surface area contributed by atoms with Crippen LogP contribution in [0.15, 0.2) is 39.5 Å². The van der Waals surface area contributed by atoms with Crippen molar-refractivity contribution in [3.63, 3.8) is 0 Å². The average molecular weight is 450 g/mol. The number of hydrogen-bond acceptors (Lipinski definition) is 12. The summed E-state index contributed by atoms with van der Waals surface area (Å²) in [7, 11) is 0. The number of hydrogen-bond donors (Lipinski definition) is 8. The average Bonchev–Trinajstić information content (AvgIpc) is 2.73. The number of phenols is 4. The molecule has 8 N–H and O–H groups in total. The second-order valence-corrected chi connectivity index (χ2v) is 7.12. The molecular formula is C20H18O12. The van der Waals surface area contributed by atoms with Gasteiger partial charge >= 0.3 is 0 Å². The van der Waals surface area contributed by atoms with Gasteiger partial charge in [-0.2, -0.15) is 0 Å². The minimum absolute atomic E-state index is 0.00330. The summed E-state index contributed by atoms with van der Waals surface area (Å²) in [5.41, 5.74) is -1.25. The highest BCUT2D eigenvalue weighted by molar-refractivity contribution is 5.88. The number of ether oxygens (including phenoxy) is 2. The van der Waals surface area contributed by atoms with Crippen LogP contribution in [-0.4, -0.2) is 71.7 Å². The summed E-state index contributed by atoms with van der Waals surface area (Å²) in [6.45, 7) is 0. The van der Waals surface area contributed by atoms with Crippen LogP contribution in [0.2, 0.25) is 0 Å². The SMILES string of the molecule is O=c1c(O[C@H]2O[C@H](O)[C@@H](O)[C@H](O)[C@H]2O)c(-c2ccc(O)c(O)c2)oc2cc(O)cc(O)c12. The highest BCUT2D eigenvalue weighted by Gasteiger charge is 2.45. The molecule has 1 saturated heterocycles. The lowest BCUT2D eigenvalue weighted by Gasteiger charge is -2.37. The third-order valence-electron chi connectivity index (χ3n) is 4.93. The maximum absolute atomic E-state index is 13.2. The molecular weight excluding hydrogens is 432 g/mol. The Hall–Kier alpha value is -3.55. The molecule has 1 aliphatic rings. The monoisotopic (exact) mass is 450 g/mol. The van der Waals surface area contributed by atoms with Gasteiger partial charge in [-0.15, -0.1) is 0 Å². The van der Waals surface area contributed by atoms with Crippen molar-refractivity contribution in [3.05, 3.63) is 40.6 Å². The van der Waals surface area contributed by atoms with E-state index in [-0.39, 0.29) is 16.9 Å². The fourth-order valence-electron chi connectivity index (χ4n) is 3.27. The Labute approximate surface area is 178 Å². The first-order valence-corrected chi connectivity index (χ1v) is 9.18. The molecule has 0 saturated carbocycles. The summed E-state index contributed by atoms with van der Waals surface area (Å²) in [5.74, 6) is -3.15. The number of phenolic OH excluding ortho intramolecular Hbond substituents is 4. The topological polar surface area (TPSA) is 211 Å². The highest BCUT2D eigenvalue weighted by Crippen LogP contribution is 2.39. The van der Waals surface area contributed by atoms with Crippen LogP contribution in [0.1, 0.15) is 0 Å². The molecule has 1 aromatic heterocycles. The summed E-state index contributed by atoms with van der Waals surface area (Å²) in [6, 6.07) is 5.29. The number of aliphatic hydroxyl groups is 4. The molecule has 2 aromatic carbocycles. The molecule has 0 spiro atoms. The van der Waals surface area contributed by atoms with Crippen LogP contribution in [0, 0.1) is 0 Å². The van der Waals surface area contributed by atoms with E-state index in [9.17, 15) is 45.6 Å². The van der Waals surface area contributed by atoms with Crippen LogP contribution in [0.5, 0.6) is 28.7 Å². The minimum Gasteiger partial charge on any atom is -0.508 e.